The first kappa shape index (κ1) is 18.9. The molecule has 0 aliphatic heterocycles. The van der Waals surface area contributed by atoms with E-state index in [4.69, 9.17) is 0 Å². The molecule has 10 heteroatoms. The predicted molar refractivity (Wildman–Crippen MR) is 108 cm³/mol. The van der Waals surface area contributed by atoms with Crippen LogP contribution >= 0.6 is 11.9 Å². The number of rotatable bonds is 6. The average Bonchev–Trinajstić information content (AvgIpc) is 3.31. The summed E-state index contributed by atoms with van der Waals surface area (Å²) in [6.45, 7) is -0.519. The number of anilines is 1. The molecule has 7 nitrogen and oxygen atoms in total. The van der Waals surface area contributed by atoms with Crippen molar-refractivity contribution in [3.05, 3.63) is 54.6 Å². The lowest BCUT2D eigenvalue weighted by molar-refractivity contribution is 0.127. The third-order valence-corrected chi connectivity index (χ3v) is 4.71. The molecule has 4 aromatic rings. The van der Waals surface area contributed by atoms with Crippen LogP contribution in [0.4, 0.5) is 14.5 Å². The summed E-state index contributed by atoms with van der Waals surface area (Å²) in [5.74, 6) is 0. The summed E-state index contributed by atoms with van der Waals surface area (Å²) in [6, 6.07) is 12.9. The molecule has 0 spiro atoms. The first-order chi connectivity index (χ1) is 14.1. The van der Waals surface area contributed by atoms with Crippen molar-refractivity contribution in [2.75, 3.05) is 11.0 Å². The molecule has 1 N–H and O–H groups in total. The second kappa shape index (κ2) is 7.89. The van der Waals surface area contributed by atoms with E-state index in [-0.39, 0.29) is 5.69 Å². The Morgan fingerprint density at radius 3 is 2.79 bits per heavy atom. The summed E-state index contributed by atoms with van der Waals surface area (Å²) in [6.07, 6.45) is 2.14. The number of nitrogens with one attached hydrogen (secondary N) is 1. The smallest absolute Gasteiger partial charge is 0.256 e. The van der Waals surface area contributed by atoms with Crippen LogP contribution < -0.4 is 4.72 Å². The van der Waals surface area contributed by atoms with Gasteiger partial charge in [0.25, 0.3) is 6.43 Å². The summed E-state index contributed by atoms with van der Waals surface area (Å²) in [5.41, 5.74) is 3.71. The Bertz CT molecular complexity index is 1210. The minimum absolute atomic E-state index is 0.257. The van der Waals surface area contributed by atoms with Crippen LogP contribution in [0.15, 0.2) is 48.9 Å². The number of para-hydroxylation sites is 1. The van der Waals surface area contributed by atoms with Crippen molar-refractivity contribution in [3.63, 3.8) is 0 Å². The summed E-state index contributed by atoms with van der Waals surface area (Å²) >= 11 is 1.42. The van der Waals surface area contributed by atoms with Gasteiger partial charge in [-0.2, -0.15) is 10.4 Å². The minimum atomic E-state index is -2.55. The molecule has 4 rings (SSSR count). The fourth-order valence-electron chi connectivity index (χ4n) is 3.10. The van der Waals surface area contributed by atoms with Gasteiger partial charge in [-0.05, 0) is 18.2 Å². The Labute approximate surface area is 169 Å². The first-order valence-electron chi connectivity index (χ1n) is 8.59. The quantitative estimate of drug-likeness (QED) is 0.481. The van der Waals surface area contributed by atoms with E-state index in [1.165, 1.54) is 33.6 Å². The van der Waals surface area contributed by atoms with Crippen LogP contribution in [0.2, 0.25) is 0 Å². The highest BCUT2D eigenvalue weighted by atomic mass is 32.2. The van der Waals surface area contributed by atoms with Gasteiger partial charge >= 0.3 is 0 Å². The van der Waals surface area contributed by atoms with Crippen molar-refractivity contribution in [2.45, 2.75) is 13.0 Å². The topological polar surface area (TPSA) is 83.8 Å². The molecular formula is C19H15F2N7S. The number of hydrogen-bond acceptors (Lipinski definition) is 6. The van der Waals surface area contributed by atoms with Crippen LogP contribution in [0.3, 0.4) is 0 Å². The van der Waals surface area contributed by atoms with Crippen molar-refractivity contribution < 1.29 is 8.78 Å². The number of nitriles is 1. The van der Waals surface area contributed by atoms with Crippen LogP contribution in [0, 0.1) is 11.3 Å². The normalized spacial score (nSPS) is 11.1. The van der Waals surface area contributed by atoms with Crippen molar-refractivity contribution in [1.29, 1.82) is 5.26 Å². The van der Waals surface area contributed by atoms with E-state index in [9.17, 15) is 14.0 Å². The fourth-order valence-corrected chi connectivity index (χ4v) is 3.50. The van der Waals surface area contributed by atoms with Gasteiger partial charge in [0.05, 0.1) is 30.5 Å². The summed E-state index contributed by atoms with van der Waals surface area (Å²) in [5, 5.41) is 13.7. The van der Waals surface area contributed by atoms with Gasteiger partial charge in [0, 0.05) is 11.8 Å². The fraction of sp³-hybridized carbons (Fsp3) is 0.158. The number of nitrogens with zero attached hydrogens (tertiary/aromatic N) is 6. The van der Waals surface area contributed by atoms with Crippen molar-refractivity contribution in [1.82, 2.24) is 24.1 Å². The lowest BCUT2D eigenvalue weighted by atomic mass is 10.1. The lowest BCUT2D eigenvalue weighted by Gasteiger charge is -2.12. The molecule has 0 saturated heterocycles. The van der Waals surface area contributed by atoms with Gasteiger partial charge in [0.1, 0.15) is 17.5 Å². The van der Waals surface area contributed by atoms with Gasteiger partial charge in [-0.15, -0.1) is 0 Å². The maximum absolute atomic E-state index is 13.2. The summed E-state index contributed by atoms with van der Waals surface area (Å²) < 4.78 is 32.4. The van der Waals surface area contributed by atoms with Gasteiger partial charge in [-0.25, -0.2) is 23.3 Å². The average molecular weight is 411 g/mol. The molecule has 3 heterocycles. The van der Waals surface area contributed by atoms with Crippen LogP contribution in [0.5, 0.6) is 0 Å². The number of alkyl halides is 2. The summed E-state index contributed by atoms with van der Waals surface area (Å²) in [7, 11) is 0. The Balaban J connectivity index is 1.95. The molecule has 0 saturated carbocycles. The second-order valence-corrected chi connectivity index (χ2v) is 6.69. The largest absolute Gasteiger partial charge is 0.329 e. The molecular weight excluding hydrogens is 396 g/mol. The molecule has 0 unspecified atom stereocenters. The number of fused-ring (bicyclic) bond motifs is 1. The molecule has 0 radical (unpaired) electrons. The van der Waals surface area contributed by atoms with Crippen molar-refractivity contribution in [3.8, 4) is 28.7 Å². The number of benzene rings is 1. The maximum atomic E-state index is 13.2. The zero-order chi connectivity index (χ0) is 20.4. The maximum Gasteiger partial charge on any atom is 0.256 e. The SMILES string of the molecule is CSNc1ccccc1-c1ncn(CC(F)F)c1-c1ccc2ncc(C#N)n2n1. The van der Waals surface area contributed by atoms with Crippen LogP contribution in [-0.4, -0.2) is 36.8 Å². The third kappa shape index (κ3) is 3.52. The Morgan fingerprint density at radius 2 is 2.03 bits per heavy atom. The molecule has 29 heavy (non-hydrogen) atoms. The summed E-state index contributed by atoms with van der Waals surface area (Å²) in [4.78, 5) is 8.54. The highest BCUT2D eigenvalue weighted by Gasteiger charge is 2.21. The van der Waals surface area contributed by atoms with E-state index in [2.05, 4.69) is 19.8 Å². The molecule has 0 aliphatic rings. The molecule has 3 aromatic heterocycles. The first-order valence-corrected chi connectivity index (χ1v) is 9.81. The lowest BCUT2D eigenvalue weighted by Crippen LogP contribution is -2.08. The minimum Gasteiger partial charge on any atom is -0.329 e. The zero-order valence-electron chi connectivity index (χ0n) is 15.3. The van der Waals surface area contributed by atoms with Crippen LogP contribution in [0.1, 0.15) is 5.69 Å². The highest BCUT2D eigenvalue weighted by Crippen LogP contribution is 2.35. The predicted octanol–water partition coefficient (Wildman–Crippen LogP) is 4.09. The zero-order valence-corrected chi connectivity index (χ0v) is 16.1. The van der Waals surface area contributed by atoms with Gasteiger partial charge in [-0.3, -0.25) is 0 Å². The second-order valence-electron chi connectivity index (χ2n) is 6.08. The van der Waals surface area contributed by atoms with Crippen molar-refractivity contribution >= 4 is 23.3 Å². The highest BCUT2D eigenvalue weighted by molar-refractivity contribution is 7.99. The van der Waals surface area contributed by atoms with Gasteiger partial charge in [0.15, 0.2) is 11.3 Å². The molecule has 1 aromatic carbocycles. The molecule has 146 valence electrons. The monoisotopic (exact) mass is 411 g/mol. The molecule has 0 amide bonds. The van der Waals surface area contributed by atoms with E-state index in [0.717, 1.165) is 11.3 Å². The standard InChI is InChI=1S/C19H15F2N7S/c1-29-26-14-5-3-2-4-13(14)18-19(27(11-24-18)10-16(20)21)15-6-7-17-23-9-12(8-22)28(17)25-15/h2-7,9,11,16,26H,10H2,1H3. The Kier molecular flexibility index (Phi) is 5.14. The Morgan fingerprint density at radius 1 is 1.21 bits per heavy atom. The van der Waals surface area contributed by atoms with E-state index in [1.54, 1.807) is 12.1 Å². The van der Waals surface area contributed by atoms with E-state index < -0.39 is 13.0 Å². The van der Waals surface area contributed by atoms with Gasteiger partial charge < -0.3 is 9.29 Å². The molecule has 0 bridgehead atoms. The van der Waals surface area contributed by atoms with Gasteiger partial charge in [-0.1, -0.05) is 30.1 Å². The number of aromatic nitrogens is 5. The van der Waals surface area contributed by atoms with Crippen molar-refractivity contribution in [2.24, 2.45) is 0 Å². The van der Waals surface area contributed by atoms with E-state index in [0.29, 0.717) is 22.7 Å². The van der Waals surface area contributed by atoms with E-state index in [1.807, 2.05) is 36.6 Å². The van der Waals surface area contributed by atoms with Crippen LogP contribution in [-0.2, 0) is 6.54 Å². The molecule has 0 fully saturated rings. The number of imidazole rings is 2. The van der Waals surface area contributed by atoms with Gasteiger partial charge in [0.2, 0.25) is 0 Å². The number of halogens is 2. The molecule has 0 aliphatic carbocycles. The molecule has 0 atom stereocenters. The van der Waals surface area contributed by atoms with Crippen LogP contribution in [0.25, 0.3) is 28.3 Å². The Hall–Kier alpha value is -3.45. The number of hydrogen-bond donors (Lipinski definition) is 1. The van der Waals surface area contributed by atoms with E-state index >= 15 is 0 Å². The third-order valence-electron chi connectivity index (χ3n) is 4.29.